The Morgan fingerprint density at radius 3 is 2.67 bits per heavy atom. The average Bonchev–Trinajstić information content (AvgIpc) is 3.23. The van der Waals surface area contributed by atoms with Gasteiger partial charge in [-0.15, -0.1) is 0 Å². The Morgan fingerprint density at radius 2 is 1.92 bits per heavy atom. The summed E-state index contributed by atoms with van der Waals surface area (Å²) in [6.45, 7) is 0. The number of aromatic amines is 1. The molecule has 0 aliphatic rings. The molecular formula is C17H11F3N4. The zero-order chi connectivity index (χ0) is 16.7. The number of rotatable bonds is 3. The van der Waals surface area contributed by atoms with Gasteiger partial charge in [-0.3, -0.25) is 4.98 Å². The maximum Gasteiger partial charge on any atom is 0.266 e. The molecule has 1 aromatic carbocycles. The molecule has 0 aliphatic carbocycles. The fraction of sp³-hybridized carbons (Fsp3) is 0.0588. The van der Waals surface area contributed by atoms with Crippen LogP contribution in [-0.4, -0.2) is 19.7 Å². The van der Waals surface area contributed by atoms with E-state index in [9.17, 15) is 13.2 Å². The van der Waals surface area contributed by atoms with Gasteiger partial charge in [-0.05, 0) is 35.9 Å². The van der Waals surface area contributed by atoms with Crippen molar-refractivity contribution in [1.82, 2.24) is 19.7 Å². The van der Waals surface area contributed by atoms with Crippen LogP contribution in [0.2, 0.25) is 0 Å². The Morgan fingerprint density at radius 1 is 1.04 bits per heavy atom. The fourth-order valence-corrected chi connectivity index (χ4v) is 2.60. The lowest BCUT2D eigenvalue weighted by Crippen LogP contribution is -1.96. The molecule has 1 N–H and O–H groups in total. The molecule has 4 aromatic rings. The molecule has 24 heavy (non-hydrogen) atoms. The number of nitrogens with one attached hydrogen (secondary N) is 1. The zero-order valence-corrected chi connectivity index (χ0v) is 12.2. The van der Waals surface area contributed by atoms with Crippen LogP contribution in [0.5, 0.6) is 0 Å². The van der Waals surface area contributed by atoms with Gasteiger partial charge in [-0.2, -0.15) is 5.10 Å². The van der Waals surface area contributed by atoms with Gasteiger partial charge in [-0.25, -0.2) is 17.9 Å². The van der Waals surface area contributed by atoms with Gasteiger partial charge in [-0.1, -0.05) is 6.07 Å². The molecule has 7 heteroatoms. The zero-order valence-electron chi connectivity index (χ0n) is 12.2. The molecule has 0 aliphatic heterocycles. The summed E-state index contributed by atoms with van der Waals surface area (Å²) in [6, 6.07) is 9.14. The van der Waals surface area contributed by atoms with Crippen molar-refractivity contribution in [1.29, 1.82) is 0 Å². The Bertz CT molecular complexity index is 1010. The van der Waals surface area contributed by atoms with E-state index in [2.05, 4.69) is 15.1 Å². The first kappa shape index (κ1) is 14.5. The van der Waals surface area contributed by atoms with Crippen LogP contribution in [0.1, 0.15) is 12.0 Å². The lowest BCUT2D eigenvalue weighted by molar-refractivity contribution is 0.146. The van der Waals surface area contributed by atoms with Crippen molar-refractivity contribution in [2.75, 3.05) is 0 Å². The highest BCUT2D eigenvalue weighted by molar-refractivity contribution is 5.81. The molecular weight excluding hydrogens is 317 g/mol. The molecule has 0 unspecified atom stereocenters. The number of alkyl halides is 2. The van der Waals surface area contributed by atoms with E-state index in [-0.39, 0.29) is 0 Å². The van der Waals surface area contributed by atoms with Crippen LogP contribution in [0.3, 0.4) is 0 Å². The van der Waals surface area contributed by atoms with E-state index < -0.39 is 17.8 Å². The van der Waals surface area contributed by atoms with Crippen molar-refractivity contribution in [3.63, 3.8) is 0 Å². The molecule has 0 amide bonds. The van der Waals surface area contributed by atoms with Crippen molar-refractivity contribution in [2.24, 2.45) is 0 Å². The Balaban J connectivity index is 1.86. The number of fused-ring (bicyclic) bond motifs is 1. The maximum atomic E-state index is 13.5. The molecule has 3 aromatic heterocycles. The summed E-state index contributed by atoms with van der Waals surface area (Å²) in [6.07, 6.45) is 2.08. The van der Waals surface area contributed by atoms with E-state index in [1.165, 1.54) is 6.07 Å². The summed E-state index contributed by atoms with van der Waals surface area (Å²) < 4.78 is 41.0. The first-order chi connectivity index (χ1) is 11.6. The van der Waals surface area contributed by atoms with Crippen molar-refractivity contribution in [2.45, 2.75) is 6.43 Å². The molecule has 0 saturated heterocycles. The Hall–Kier alpha value is -3.09. The summed E-state index contributed by atoms with van der Waals surface area (Å²) in [5.41, 5.74) is 1.85. The van der Waals surface area contributed by atoms with Crippen molar-refractivity contribution in [3.8, 4) is 16.9 Å². The quantitative estimate of drug-likeness (QED) is 0.602. The van der Waals surface area contributed by atoms with Gasteiger partial charge >= 0.3 is 0 Å². The number of hydrogen-bond donors (Lipinski definition) is 1. The number of benzene rings is 1. The summed E-state index contributed by atoms with van der Waals surface area (Å²) >= 11 is 0. The standard InChI is InChI=1S/C17H11F3N4/c18-13-4-3-10(6-12(13)17(19)20)11-7-15-14(22-8-11)9-23-24(15)16-2-1-5-21-16/h1-9,17,21H. The fourth-order valence-electron chi connectivity index (χ4n) is 2.60. The first-order valence-electron chi connectivity index (χ1n) is 7.19. The Labute approximate surface area is 134 Å². The summed E-state index contributed by atoms with van der Waals surface area (Å²) in [5.74, 6) is -0.157. The van der Waals surface area contributed by atoms with Crippen molar-refractivity contribution < 1.29 is 13.2 Å². The van der Waals surface area contributed by atoms with Gasteiger partial charge in [0, 0.05) is 18.0 Å². The van der Waals surface area contributed by atoms with E-state index in [4.69, 9.17) is 0 Å². The highest BCUT2D eigenvalue weighted by Crippen LogP contribution is 2.29. The first-order valence-corrected chi connectivity index (χ1v) is 7.19. The van der Waals surface area contributed by atoms with Gasteiger partial charge in [0.15, 0.2) is 0 Å². The molecule has 0 fully saturated rings. The predicted molar refractivity (Wildman–Crippen MR) is 83.6 cm³/mol. The summed E-state index contributed by atoms with van der Waals surface area (Å²) in [7, 11) is 0. The van der Waals surface area contributed by atoms with Gasteiger partial charge < -0.3 is 4.98 Å². The van der Waals surface area contributed by atoms with Crippen LogP contribution in [0.25, 0.3) is 28.0 Å². The van der Waals surface area contributed by atoms with Gasteiger partial charge in [0.25, 0.3) is 6.43 Å². The van der Waals surface area contributed by atoms with Crippen molar-refractivity contribution in [3.05, 3.63) is 66.4 Å². The minimum atomic E-state index is -2.87. The Kier molecular flexibility index (Phi) is 3.34. The molecule has 0 radical (unpaired) electrons. The van der Waals surface area contributed by atoms with Crippen LogP contribution in [-0.2, 0) is 0 Å². The number of aromatic nitrogens is 4. The summed E-state index contributed by atoms with van der Waals surface area (Å²) in [4.78, 5) is 7.35. The summed E-state index contributed by atoms with van der Waals surface area (Å²) in [5, 5.41) is 4.28. The molecule has 0 bridgehead atoms. The van der Waals surface area contributed by atoms with Crippen LogP contribution in [0.4, 0.5) is 13.2 Å². The molecule has 0 spiro atoms. The maximum absolute atomic E-state index is 13.5. The SMILES string of the molecule is Fc1ccc(-c2cnc3cnn(-c4ccc[nH]4)c3c2)cc1C(F)F. The molecule has 4 rings (SSSR count). The number of H-pyrrole nitrogens is 1. The normalized spacial score (nSPS) is 11.5. The second-order valence-corrected chi connectivity index (χ2v) is 5.28. The van der Waals surface area contributed by atoms with Crippen LogP contribution in [0.15, 0.2) is 55.0 Å². The number of halogens is 3. The molecule has 0 saturated carbocycles. The lowest BCUT2D eigenvalue weighted by Gasteiger charge is -2.07. The predicted octanol–water partition coefficient (Wildman–Crippen LogP) is 4.49. The topological polar surface area (TPSA) is 46.5 Å². The third-order valence-corrected chi connectivity index (χ3v) is 3.80. The molecule has 0 atom stereocenters. The molecule has 3 heterocycles. The van der Waals surface area contributed by atoms with E-state index >= 15 is 0 Å². The minimum Gasteiger partial charge on any atom is -0.347 e. The molecule has 120 valence electrons. The number of hydrogen-bond acceptors (Lipinski definition) is 2. The van der Waals surface area contributed by atoms with Gasteiger partial charge in [0.1, 0.15) is 17.2 Å². The smallest absolute Gasteiger partial charge is 0.266 e. The van der Waals surface area contributed by atoms with Crippen LogP contribution < -0.4 is 0 Å². The minimum absolute atomic E-state index is 0.473. The van der Waals surface area contributed by atoms with Gasteiger partial charge in [0.2, 0.25) is 0 Å². The monoisotopic (exact) mass is 328 g/mol. The second kappa shape index (κ2) is 5.52. The van der Waals surface area contributed by atoms with Crippen LogP contribution >= 0.6 is 0 Å². The van der Waals surface area contributed by atoms with Gasteiger partial charge in [0.05, 0.1) is 17.3 Å². The third-order valence-electron chi connectivity index (χ3n) is 3.80. The highest BCUT2D eigenvalue weighted by atomic mass is 19.3. The number of pyridine rings is 1. The lowest BCUT2D eigenvalue weighted by atomic mass is 10.0. The number of nitrogens with zero attached hydrogens (tertiary/aromatic N) is 3. The average molecular weight is 328 g/mol. The van der Waals surface area contributed by atoms with Crippen LogP contribution in [0, 0.1) is 5.82 Å². The largest absolute Gasteiger partial charge is 0.347 e. The second-order valence-electron chi connectivity index (χ2n) is 5.28. The third kappa shape index (κ3) is 2.34. The van der Waals surface area contributed by atoms with E-state index in [0.717, 1.165) is 23.5 Å². The molecule has 4 nitrogen and oxygen atoms in total. The van der Waals surface area contributed by atoms with E-state index in [0.29, 0.717) is 16.6 Å². The highest BCUT2D eigenvalue weighted by Gasteiger charge is 2.15. The van der Waals surface area contributed by atoms with E-state index in [1.54, 1.807) is 29.3 Å². The van der Waals surface area contributed by atoms with E-state index in [1.807, 2.05) is 12.1 Å². The van der Waals surface area contributed by atoms with Crippen molar-refractivity contribution >= 4 is 11.0 Å².